The SMILES string of the molecule is CCCC(C)NC(=O)C1CCCN(Cc2cccc3ccccc23)C1. The third kappa shape index (κ3) is 4.60. The van der Waals surface area contributed by atoms with Crippen LogP contribution in [0, 0.1) is 5.92 Å². The Morgan fingerprint density at radius 2 is 2.04 bits per heavy atom. The van der Waals surface area contributed by atoms with E-state index in [9.17, 15) is 4.79 Å². The molecule has 1 N–H and O–H groups in total. The van der Waals surface area contributed by atoms with E-state index in [1.807, 2.05) is 0 Å². The van der Waals surface area contributed by atoms with Gasteiger partial charge >= 0.3 is 0 Å². The predicted molar refractivity (Wildman–Crippen MR) is 104 cm³/mol. The number of amides is 1. The monoisotopic (exact) mass is 338 g/mol. The molecule has 2 unspecified atom stereocenters. The van der Waals surface area contributed by atoms with Gasteiger partial charge in [-0.25, -0.2) is 0 Å². The van der Waals surface area contributed by atoms with E-state index >= 15 is 0 Å². The largest absolute Gasteiger partial charge is 0.353 e. The zero-order valence-electron chi connectivity index (χ0n) is 15.5. The average Bonchev–Trinajstić information content (AvgIpc) is 2.62. The molecule has 1 aliphatic rings. The molecule has 0 aromatic heterocycles. The van der Waals surface area contributed by atoms with Gasteiger partial charge in [0.2, 0.25) is 5.91 Å². The molecule has 1 saturated heterocycles. The lowest BCUT2D eigenvalue weighted by atomic mass is 9.95. The van der Waals surface area contributed by atoms with Gasteiger partial charge in [-0.3, -0.25) is 9.69 Å². The van der Waals surface area contributed by atoms with Crippen LogP contribution in [0.3, 0.4) is 0 Å². The highest BCUT2D eigenvalue weighted by atomic mass is 16.2. The fourth-order valence-corrected chi connectivity index (χ4v) is 3.95. The third-order valence-electron chi connectivity index (χ3n) is 5.26. The van der Waals surface area contributed by atoms with E-state index in [0.717, 1.165) is 45.3 Å². The third-order valence-corrected chi connectivity index (χ3v) is 5.26. The van der Waals surface area contributed by atoms with Crippen molar-refractivity contribution in [3.63, 3.8) is 0 Å². The van der Waals surface area contributed by atoms with Gasteiger partial charge in [0.05, 0.1) is 5.92 Å². The van der Waals surface area contributed by atoms with E-state index in [1.54, 1.807) is 0 Å². The first-order chi connectivity index (χ1) is 12.2. The van der Waals surface area contributed by atoms with Crippen molar-refractivity contribution in [3.8, 4) is 0 Å². The van der Waals surface area contributed by atoms with Gasteiger partial charge in [0.15, 0.2) is 0 Å². The first-order valence-electron chi connectivity index (χ1n) is 9.66. The van der Waals surface area contributed by atoms with Gasteiger partial charge in [0.1, 0.15) is 0 Å². The van der Waals surface area contributed by atoms with Crippen molar-refractivity contribution in [3.05, 3.63) is 48.0 Å². The lowest BCUT2D eigenvalue weighted by molar-refractivity contribution is -0.127. The Morgan fingerprint density at radius 1 is 1.24 bits per heavy atom. The van der Waals surface area contributed by atoms with Gasteiger partial charge in [-0.1, -0.05) is 55.8 Å². The van der Waals surface area contributed by atoms with Gasteiger partial charge in [-0.2, -0.15) is 0 Å². The van der Waals surface area contributed by atoms with E-state index in [-0.39, 0.29) is 17.9 Å². The van der Waals surface area contributed by atoms with E-state index in [0.29, 0.717) is 0 Å². The summed E-state index contributed by atoms with van der Waals surface area (Å²) in [5.74, 6) is 0.367. The molecule has 2 aromatic rings. The highest BCUT2D eigenvalue weighted by Crippen LogP contribution is 2.23. The molecule has 3 rings (SSSR count). The van der Waals surface area contributed by atoms with Gasteiger partial charge in [0, 0.05) is 19.1 Å². The van der Waals surface area contributed by atoms with E-state index < -0.39 is 0 Å². The number of likely N-dealkylation sites (tertiary alicyclic amines) is 1. The molecule has 1 fully saturated rings. The number of fused-ring (bicyclic) bond motifs is 1. The molecule has 0 spiro atoms. The molecule has 3 nitrogen and oxygen atoms in total. The normalized spacial score (nSPS) is 19.7. The number of nitrogens with zero attached hydrogens (tertiary/aromatic N) is 1. The van der Waals surface area contributed by atoms with Crippen LogP contribution in [0.5, 0.6) is 0 Å². The Balaban J connectivity index is 1.64. The standard InChI is InChI=1S/C22H30N2O/c1-3-8-17(2)23-22(25)20-12-7-14-24(16-20)15-19-11-6-10-18-9-4-5-13-21(18)19/h4-6,9-11,13,17,20H,3,7-8,12,14-16H2,1-2H3,(H,23,25). The molecular formula is C22H30N2O. The van der Waals surface area contributed by atoms with Crippen molar-refractivity contribution < 1.29 is 4.79 Å². The number of carbonyl (C=O) groups excluding carboxylic acids is 1. The first kappa shape index (κ1) is 17.9. The summed E-state index contributed by atoms with van der Waals surface area (Å²) in [5.41, 5.74) is 1.36. The van der Waals surface area contributed by atoms with Gasteiger partial charge in [-0.15, -0.1) is 0 Å². The molecule has 1 heterocycles. The zero-order chi connectivity index (χ0) is 17.6. The molecule has 25 heavy (non-hydrogen) atoms. The summed E-state index contributed by atoms with van der Waals surface area (Å²) in [6.45, 7) is 7.15. The number of rotatable bonds is 6. The summed E-state index contributed by atoms with van der Waals surface area (Å²) >= 11 is 0. The number of hydrogen-bond acceptors (Lipinski definition) is 2. The fraction of sp³-hybridized carbons (Fsp3) is 0.500. The molecule has 0 bridgehead atoms. The number of hydrogen-bond donors (Lipinski definition) is 1. The molecule has 1 aliphatic heterocycles. The smallest absolute Gasteiger partial charge is 0.224 e. The van der Waals surface area contributed by atoms with Crippen molar-refractivity contribution in [2.75, 3.05) is 13.1 Å². The topological polar surface area (TPSA) is 32.3 Å². The molecule has 134 valence electrons. The van der Waals surface area contributed by atoms with Crippen molar-refractivity contribution in [1.29, 1.82) is 0 Å². The van der Waals surface area contributed by atoms with Crippen LogP contribution in [-0.2, 0) is 11.3 Å². The van der Waals surface area contributed by atoms with Gasteiger partial charge < -0.3 is 5.32 Å². The van der Waals surface area contributed by atoms with Crippen LogP contribution < -0.4 is 5.32 Å². The summed E-state index contributed by atoms with van der Waals surface area (Å²) < 4.78 is 0. The molecule has 0 saturated carbocycles. The minimum Gasteiger partial charge on any atom is -0.353 e. The number of nitrogens with one attached hydrogen (secondary N) is 1. The Hall–Kier alpha value is -1.87. The van der Waals surface area contributed by atoms with Gasteiger partial charge in [0.25, 0.3) is 0 Å². The lowest BCUT2D eigenvalue weighted by Crippen LogP contribution is -2.45. The second-order valence-corrected chi connectivity index (χ2v) is 7.41. The maximum Gasteiger partial charge on any atom is 0.224 e. The second-order valence-electron chi connectivity index (χ2n) is 7.41. The van der Waals surface area contributed by atoms with E-state index in [2.05, 4.69) is 66.5 Å². The van der Waals surface area contributed by atoms with Crippen LogP contribution >= 0.6 is 0 Å². The maximum absolute atomic E-state index is 12.6. The molecule has 0 radical (unpaired) electrons. The average molecular weight is 338 g/mol. The quantitative estimate of drug-likeness (QED) is 0.849. The van der Waals surface area contributed by atoms with Crippen LogP contribution in [0.1, 0.15) is 45.1 Å². The molecular weight excluding hydrogens is 308 g/mol. The minimum absolute atomic E-state index is 0.128. The number of carbonyl (C=O) groups is 1. The minimum atomic E-state index is 0.128. The van der Waals surface area contributed by atoms with E-state index in [4.69, 9.17) is 0 Å². The molecule has 0 aliphatic carbocycles. The van der Waals surface area contributed by atoms with Crippen LogP contribution in [0.25, 0.3) is 10.8 Å². The van der Waals surface area contributed by atoms with Crippen LogP contribution in [0.2, 0.25) is 0 Å². The first-order valence-corrected chi connectivity index (χ1v) is 9.66. The Morgan fingerprint density at radius 3 is 2.88 bits per heavy atom. The van der Waals surface area contributed by atoms with Crippen molar-refractivity contribution in [2.45, 2.75) is 52.1 Å². The van der Waals surface area contributed by atoms with Crippen LogP contribution in [-0.4, -0.2) is 29.9 Å². The highest BCUT2D eigenvalue weighted by molar-refractivity contribution is 5.85. The Bertz CT molecular complexity index is 707. The lowest BCUT2D eigenvalue weighted by Gasteiger charge is -2.33. The summed E-state index contributed by atoms with van der Waals surface area (Å²) in [6.07, 6.45) is 4.28. The van der Waals surface area contributed by atoms with Crippen molar-refractivity contribution in [1.82, 2.24) is 10.2 Å². The van der Waals surface area contributed by atoms with Crippen LogP contribution in [0.4, 0.5) is 0 Å². The molecule has 2 atom stereocenters. The fourth-order valence-electron chi connectivity index (χ4n) is 3.95. The maximum atomic E-state index is 12.6. The van der Waals surface area contributed by atoms with E-state index in [1.165, 1.54) is 16.3 Å². The molecule has 1 amide bonds. The zero-order valence-corrected chi connectivity index (χ0v) is 15.5. The summed E-state index contributed by atoms with van der Waals surface area (Å²) in [6, 6.07) is 15.4. The summed E-state index contributed by atoms with van der Waals surface area (Å²) in [5, 5.41) is 5.82. The predicted octanol–water partition coefficient (Wildman–Crippen LogP) is 4.36. The summed E-state index contributed by atoms with van der Waals surface area (Å²) in [4.78, 5) is 15.0. The Kier molecular flexibility index (Phi) is 6.09. The molecule has 3 heteroatoms. The number of benzene rings is 2. The van der Waals surface area contributed by atoms with Crippen LogP contribution in [0.15, 0.2) is 42.5 Å². The number of piperidine rings is 1. The molecule has 2 aromatic carbocycles. The second kappa shape index (κ2) is 8.48. The van der Waals surface area contributed by atoms with Crippen molar-refractivity contribution in [2.24, 2.45) is 5.92 Å². The Labute approximate surface area is 151 Å². The van der Waals surface area contributed by atoms with Crippen molar-refractivity contribution >= 4 is 16.7 Å². The highest BCUT2D eigenvalue weighted by Gasteiger charge is 2.26. The summed E-state index contributed by atoms with van der Waals surface area (Å²) in [7, 11) is 0. The van der Waals surface area contributed by atoms with Gasteiger partial charge in [-0.05, 0) is 49.1 Å².